The summed E-state index contributed by atoms with van der Waals surface area (Å²) in [5.41, 5.74) is 3.07. The van der Waals surface area contributed by atoms with Crippen molar-refractivity contribution in [2.24, 2.45) is 0 Å². The number of aromatic nitrogens is 1. The summed E-state index contributed by atoms with van der Waals surface area (Å²) in [5, 5.41) is 13.7. The molecule has 170 valence electrons. The summed E-state index contributed by atoms with van der Waals surface area (Å²) >= 11 is 12.2. The third kappa shape index (κ3) is 5.20. The Labute approximate surface area is 206 Å². The van der Waals surface area contributed by atoms with Crippen LogP contribution < -0.4 is 10.2 Å². The number of carbonyl (C=O) groups excluding carboxylic acids is 1. The molecule has 0 spiro atoms. The van der Waals surface area contributed by atoms with Gasteiger partial charge in [0.2, 0.25) is 5.78 Å². The normalized spacial score (nSPS) is 10.6. The molecule has 0 fully saturated rings. The van der Waals surface area contributed by atoms with Crippen molar-refractivity contribution in [1.82, 2.24) is 4.98 Å². The second-order valence-corrected chi connectivity index (χ2v) is 8.32. The Morgan fingerprint density at radius 2 is 1.56 bits per heavy atom. The van der Waals surface area contributed by atoms with Gasteiger partial charge in [-0.15, -0.1) is 0 Å². The van der Waals surface area contributed by atoms with Gasteiger partial charge >= 0.3 is 5.97 Å². The molecule has 1 heterocycles. The van der Waals surface area contributed by atoms with Crippen LogP contribution in [0.15, 0.2) is 85.1 Å². The molecule has 0 aliphatic carbocycles. The van der Waals surface area contributed by atoms with Gasteiger partial charge in [-0.25, -0.2) is 4.79 Å². The maximum atomic E-state index is 13.1. The second-order valence-electron chi connectivity index (χ2n) is 7.48. The van der Waals surface area contributed by atoms with E-state index in [-0.39, 0.29) is 16.8 Å². The van der Waals surface area contributed by atoms with Crippen LogP contribution in [-0.4, -0.2) is 28.9 Å². The number of hydrogen-bond donors (Lipinski definition) is 2. The number of rotatable bonds is 7. The monoisotopic (exact) mass is 491 g/mol. The fourth-order valence-corrected chi connectivity index (χ4v) is 3.66. The molecule has 1 aromatic heterocycles. The highest BCUT2D eigenvalue weighted by molar-refractivity contribution is 6.33. The second kappa shape index (κ2) is 9.95. The summed E-state index contributed by atoms with van der Waals surface area (Å²) in [6, 6.07) is 22.1. The molecule has 8 heteroatoms. The van der Waals surface area contributed by atoms with E-state index in [9.17, 15) is 14.7 Å². The minimum atomic E-state index is -1.15. The molecule has 0 aliphatic rings. The summed E-state index contributed by atoms with van der Waals surface area (Å²) in [6.45, 7) is 0. The van der Waals surface area contributed by atoms with Crippen molar-refractivity contribution in [3.05, 3.63) is 112 Å². The molecule has 34 heavy (non-hydrogen) atoms. The number of carboxylic acid groups (broad SMARTS) is 1. The molecular weight excluding hydrogens is 473 g/mol. The number of carbonyl (C=O) groups is 2. The van der Waals surface area contributed by atoms with E-state index in [1.165, 1.54) is 12.1 Å². The number of nitrogens with zero attached hydrogens (tertiary/aromatic N) is 2. The average molecular weight is 492 g/mol. The molecule has 0 radical (unpaired) electrons. The molecule has 0 saturated carbocycles. The lowest BCUT2D eigenvalue weighted by atomic mass is 10.0. The molecular formula is C26H19Cl2N3O3. The quantitative estimate of drug-likeness (QED) is 0.275. The molecule has 6 nitrogen and oxygen atoms in total. The van der Waals surface area contributed by atoms with E-state index in [0.717, 1.165) is 11.4 Å². The molecule has 2 N–H and O–H groups in total. The lowest BCUT2D eigenvalue weighted by Crippen LogP contribution is -2.11. The number of halogens is 2. The molecule has 0 atom stereocenters. The van der Waals surface area contributed by atoms with Crippen LogP contribution in [0.5, 0.6) is 0 Å². The Kier molecular flexibility index (Phi) is 6.82. The Morgan fingerprint density at radius 3 is 2.21 bits per heavy atom. The predicted molar refractivity (Wildman–Crippen MR) is 135 cm³/mol. The van der Waals surface area contributed by atoms with E-state index < -0.39 is 11.8 Å². The van der Waals surface area contributed by atoms with Crippen LogP contribution in [0.3, 0.4) is 0 Å². The number of nitrogens with one attached hydrogen (secondary N) is 1. The Morgan fingerprint density at radius 1 is 0.882 bits per heavy atom. The van der Waals surface area contributed by atoms with Crippen LogP contribution in [0, 0.1) is 0 Å². The number of pyridine rings is 1. The van der Waals surface area contributed by atoms with Gasteiger partial charge in [0.15, 0.2) is 0 Å². The van der Waals surface area contributed by atoms with Crippen LogP contribution >= 0.6 is 23.2 Å². The molecule has 0 aliphatic heterocycles. The molecule has 3 aromatic carbocycles. The lowest BCUT2D eigenvalue weighted by molar-refractivity contribution is 0.0697. The van der Waals surface area contributed by atoms with Gasteiger partial charge < -0.3 is 15.3 Å². The first kappa shape index (κ1) is 23.3. The number of anilines is 4. The van der Waals surface area contributed by atoms with Crippen molar-refractivity contribution in [1.29, 1.82) is 0 Å². The van der Waals surface area contributed by atoms with Gasteiger partial charge in [-0.3, -0.25) is 9.78 Å². The van der Waals surface area contributed by atoms with E-state index in [2.05, 4.69) is 10.3 Å². The van der Waals surface area contributed by atoms with E-state index in [1.807, 2.05) is 24.1 Å². The summed E-state index contributed by atoms with van der Waals surface area (Å²) in [7, 11) is 1.88. The van der Waals surface area contributed by atoms with Gasteiger partial charge in [0.25, 0.3) is 0 Å². The van der Waals surface area contributed by atoms with Crippen LogP contribution in [0.25, 0.3) is 0 Å². The lowest BCUT2D eigenvalue weighted by Gasteiger charge is -2.19. The number of aromatic carboxylic acids is 1. The van der Waals surface area contributed by atoms with Gasteiger partial charge in [0.1, 0.15) is 5.69 Å². The third-order valence-corrected chi connectivity index (χ3v) is 5.76. The van der Waals surface area contributed by atoms with Gasteiger partial charge in [-0.2, -0.15) is 0 Å². The van der Waals surface area contributed by atoms with Gasteiger partial charge in [-0.05, 0) is 66.7 Å². The van der Waals surface area contributed by atoms with Crippen molar-refractivity contribution in [3.63, 3.8) is 0 Å². The van der Waals surface area contributed by atoms with E-state index in [0.29, 0.717) is 21.4 Å². The van der Waals surface area contributed by atoms with Crippen LogP contribution in [0.1, 0.15) is 26.4 Å². The molecule has 0 bridgehead atoms. The Balaban J connectivity index is 1.61. The van der Waals surface area contributed by atoms with E-state index in [1.54, 1.807) is 60.8 Å². The highest BCUT2D eigenvalue weighted by Crippen LogP contribution is 2.28. The third-order valence-electron chi connectivity index (χ3n) is 5.18. The number of hydrogen-bond acceptors (Lipinski definition) is 5. The highest BCUT2D eigenvalue weighted by Gasteiger charge is 2.16. The number of carboxylic acids is 1. The fraction of sp³-hybridized carbons (Fsp3) is 0.0385. The van der Waals surface area contributed by atoms with Crippen LogP contribution in [0.4, 0.5) is 22.7 Å². The highest BCUT2D eigenvalue weighted by atomic mass is 35.5. The molecule has 4 rings (SSSR count). The summed E-state index contributed by atoms with van der Waals surface area (Å²) < 4.78 is 0. The largest absolute Gasteiger partial charge is 0.478 e. The number of ketones is 1. The standard InChI is InChI=1S/C26H19Cl2N3O3/c1-31(20-8-6-18(27)7-9-20)21-10-11-24(29-15-21)25(32)16-12-17(26(33)34)14-19(13-16)30-23-5-3-2-4-22(23)28/h2-15,30H,1H3,(H,33,34). The fourth-order valence-electron chi connectivity index (χ4n) is 3.35. The molecule has 0 amide bonds. The zero-order chi connectivity index (χ0) is 24.2. The number of benzene rings is 3. The maximum Gasteiger partial charge on any atom is 0.335 e. The van der Waals surface area contributed by atoms with Gasteiger partial charge in [-0.1, -0.05) is 35.3 Å². The minimum Gasteiger partial charge on any atom is -0.478 e. The van der Waals surface area contributed by atoms with Gasteiger partial charge in [0.05, 0.1) is 28.2 Å². The molecule has 0 unspecified atom stereocenters. The minimum absolute atomic E-state index is 0.0282. The van der Waals surface area contributed by atoms with Crippen molar-refractivity contribution in [3.8, 4) is 0 Å². The molecule has 4 aromatic rings. The first-order chi connectivity index (χ1) is 16.3. The Hall–Kier alpha value is -3.87. The zero-order valence-electron chi connectivity index (χ0n) is 18.0. The smallest absolute Gasteiger partial charge is 0.335 e. The van der Waals surface area contributed by atoms with E-state index in [4.69, 9.17) is 23.2 Å². The van der Waals surface area contributed by atoms with Crippen LogP contribution in [-0.2, 0) is 0 Å². The van der Waals surface area contributed by atoms with Crippen LogP contribution in [0.2, 0.25) is 10.0 Å². The molecule has 0 saturated heterocycles. The summed E-state index contributed by atoms with van der Waals surface area (Å²) in [6.07, 6.45) is 1.59. The van der Waals surface area contributed by atoms with Crippen molar-refractivity contribution >= 4 is 57.7 Å². The van der Waals surface area contributed by atoms with Crippen molar-refractivity contribution < 1.29 is 14.7 Å². The zero-order valence-corrected chi connectivity index (χ0v) is 19.5. The van der Waals surface area contributed by atoms with E-state index >= 15 is 0 Å². The Bertz CT molecular complexity index is 1360. The predicted octanol–water partition coefficient (Wildman–Crippen LogP) is 6.83. The number of para-hydroxylation sites is 1. The summed E-state index contributed by atoms with van der Waals surface area (Å²) in [4.78, 5) is 31.0. The average Bonchev–Trinajstić information content (AvgIpc) is 2.85. The first-order valence-electron chi connectivity index (χ1n) is 10.2. The van der Waals surface area contributed by atoms with Crippen molar-refractivity contribution in [2.75, 3.05) is 17.3 Å². The summed E-state index contributed by atoms with van der Waals surface area (Å²) in [5.74, 6) is -1.55. The topological polar surface area (TPSA) is 82.5 Å². The maximum absolute atomic E-state index is 13.1. The van der Waals surface area contributed by atoms with Gasteiger partial charge in [0, 0.05) is 29.0 Å². The first-order valence-corrected chi connectivity index (χ1v) is 11.0. The SMILES string of the molecule is CN(c1ccc(Cl)cc1)c1ccc(C(=O)c2cc(Nc3ccccc3Cl)cc(C(=O)O)c2)nc1. The van der Waals surface area contributed by atoms with Crippen molar-refractivity contribution in [2.45, 2.75) is 0 Å².